The number of carbonyl (C=O) groups is 1. The van der Waals surface area contributed by atoms with Gasteiger partial charge in [0.05, 0.1) is 7.11 Å². The zero-order chi connectivity index (χ0) is 21.8. The van der Waals surface area contributed by atoms with Gasteiger partial charge in [0.1, 0.15) is 34.3 Å². The second-order valence-electron chi connectivity index (χ2n) is 6.72. The molecular formula is C23H20FN3O4. The summed E-state index contributed by atoms with van der Waals surface area (Å²) in [6.07, 6.45) is 2.31. The number of pyridine rings is 1. The Bertz CT molecular complexity index is 1240. The van der Waals surface area contributed by atoms with Gasteiger partial charge in [-0.2, -0.15) is 0 Å². The Kier molecular flexibility index (Phi) is 5.79. The molecule has 0 spiro atoms. The van der Waals surface area contributed by atoms with Crippen molar-refractivity contribution in [2.24, 2.45) is 0 Å². The van der Waals surface area contributed by atoms with Crippen molar-refractivity contribution >= 4 is 17.0 Å². The van der Waals surface area contributed by atoms with Crippen molar-refractivity contribution in [2.75, 3.05) is 14.2 Å². The molecule has 0 saturated carbocycles. The lowest BCUT2D eigenvalue weighted by Gasteiger charge is -2.08. The van der Waals surface area contributed by atoms with Gasteiger partial charge in [0.15, 0.2) is 11.5 Å². The summed E-state index contributed by atoms with van der Waals surface area (Å²) in [7, 11) is 3.05. The molecule has 0 unspecified atom stereocenters. The third-order valence-corrected chi connectivity index (χ3v) is 4.72. The number of nitrogens with one attached hydrogen (secondary N) is 1. The number of oxazole rings is 1. The van der Waals surface area contributed by atoms with Crippen molar-refractivity contribution in [3.63, 3.8) is 0 Å². The summed E-state index contributed by atoms with van der Waals surface area (Å²) in [6.45, 7) is 0. The maximum absolute atomic E-state index is 14.1. The second-order valence-corrected chi connectivity index (χ2v) is 6.72. The van der Waals surface area contributed by atoms with Crippen LogP contribution in [0.25, 0.3) is 11.1 Å². The first-order valence-electron chi connectivity index (χ1n) is 9.64. The number of hydrogen-bond acceptors (Lipinski definition) is 6. The highest BCUT2D eigenvalue weighted by Gasteiger charge is 2.13. The molecule has 8 heteroatoms. The molecular weight excluding hydrogens is 401 g/mol. The number of amides is 1. The number of carbonyl (C=O) groups excluding carboxylic acids is 1. The van der Waals surface area contributed by atoms with Crippen LogP contribution in [0.15, 0.2) is 59.1 Å². The second kappa shape index (κ2) is 8.83. The number of hydrogen-bond donors (Lipinski definition) is 1. The van der Waals surface area contributed by atoms with E-state index in [2.05, 4.69) is 15.3 Å². The number of halogens is 1. The lowest BCUT2D eigenvalue weighted by Crippen LogP contribution is -2.18. The first-order valence-corrected chi connectivity index (χ1v) is 9.64. The molecule has 4 aromatic rings. The Labute approximate surface area is 177 Å². The molecule has 1 amide bonds. The molecule has 2 heterocycles. The number of methoxy groups -OCH3 is 1. The van der Waals surface area contributed by atoms with E-state index in [0.29, 0.717) is 52.6 Å². The number of benzene rings is 2. The van der Waals surface area contributed by atoms with Crippen LogP contribution in [0.5, 0.6) is 17.2 Å². The molecule has 0 fully saturated rings. The molecule has 2 aromatic heterocycles. The topological polar surface area (TPSA) is 86.5 Å². The molecule has 0 aliphatic heterocycles. The van der Waals surface area contributed by atoms with Crippen LogP contribution in [0, 0.1) is 5.82 Å². The molecule has 158 valence electrons. The fourth-order valence-electron chi connectivity index (χ4n) is 3.19. The molecule has 0 radical (unpaired) electrons. The Balaban J connectivity index is 1.51. The summed E-state index contributed by atoms with van der Waals surface area (Å²) >= 11 is 0. The minimum Gasteiger partial charge on any atom is -0.496 e. The lowest BCUT2D eigenvalue weighted by molar-refractivity contribution is 0.0958. The molecule has 31 heavy (non-hydrogen) atoms. The first kappa shape index (κ1) is 20.3. The third kappa shape index (κ3) is 4.48. The lowest BCUT2D eigenvalue weighted by atomic mass is 10.1. The average Bonchev–Trinajstić information content (AvgIpc) is 3.19. The van der Waals surface area contributed by atoms with Crippen LogP contribution < -0.4 is 14.8 Å². The van der Waals surface area contributed by atoms with Crippen molar-refractivity contribution in [3.8, 4) is 17.2 Å². The predicted molar refractivity (Wildman–Crippen MR) is 112 cm³/mol. The number of rotatable bonds is 7. The van der Waals surface area contributed by atoms with Crippen LogP contribution in [-0.2, 0) is 12.8 Å². The predicted octanol–water partition coefficient (Wildman–Crippen LogP) is 4.31. The summed E-state index contributed by atoms with van der Waals surface area (Å²) in [5.74, 6) is 1.37. The molecule has 0 aliphatic rings. The van der Waals surface area contributed by atoms with Crippen molar-refractivity contribution < 1.29 is 23.1 Å². The number of nitrogens with zero attached hydrogens (tertiary/aromatic N) is 2. The van der Waals surface area contributed by atoms with Gasteiger partial charge in [-0.15, -0.1) is 0 Å². The monoisotopic (exact) mass is 421 g/mol. The van der Waals surface area contributed by atoms with E-state index in [1.165, 1.54) is 26.4 Å². The Morgan fingerprint density at radius 1 is 1.13 bits per heavy atom. The van der Waals surface area contributed by atoms with Gasteiger partial charge in [0.25, 0.3) is 5.91 Å². The molecule has 4 rings (SSSR count). The maximum Gasteiger partial charge on any atom is 0.269 e. The normalized spacial score (nSPS) is 10.8. The Morgan fingerprint density at radius 2 is 1.97 bits per heavy atom. The summed E-state index contributed by atoms with van der Waals surface area (Å²) in [6, 6.07) is 13.2. The quantitative estimate of drug-likeness (QED) is 0.479. The molecule has 2 aromatic carbocycles. The number of aromatic nitrogens is 2. The molecule has 1 N–H and O–H groups in total. The number of fused-ring (bicyclic) bond motifs is 1. The van der Waals surface area contributed by atoms with Crippen molar-refractivity contribution in [1.29, 1.82) is 0 Å². The van der Waals surface area contributed by atoms with Crippen LogP contribution >= 0.6 is 0 Å². The molecule has 0 bridgehead atoms. The van der Waals surface area contributed by atoms with Gasteiger partial charge >= 0.3 is 0 Å². The molecule has 0 saturated heterocycles. The third-order valence-electron chi connectivity index (χ3n) is 4.72. The van der Waals surface area contributed by atoms with E-state index >= 15 is 0 Å². The fraction of sp³-hybridized carbons (Fsp3) is 0.174. The van der Waals surface area contributed by atoms with E-state index < -0.39 is 0 Å². The summed E-state index contributed by atoms with van der Waals surface area (Å²) in [5, 5.41) is 2.52. The Hall–Kier alpha value is -3.94. The SMILES string of the molecule is CNC(=O)c1cc(Oc2ccc3nc(CCc4c(F)cccc4OC)oc3c2)ccn1. The van der Waals surface area contributed by atoms with E-state index in [4.69, 9.17) is 13.9 Å². The molecule has 0 aliphatic carbocycles. The molecule has 7 nitrogen and oxygen atoms in total. The van der Waals surface area contributed by atoms with Gasteiger partial charge in [-0.25, -0.2) is 9.37 Å². The van der Waals surface area contributed by atoms with Crippen LogP contribution in [0.3, 0.4) is 0 Å². The summed E-state index contributed by atoms with van der Waals surface area (Å²) in [5.41, 5.74) is 1.96. The van der Waals surface area contributed by atoms with Gasteiger partial charge in [-0.05, 0) is 36.8 Å². The van der Waals surface area contributed by atoms with E-state index in [1.807, 2.05) is 0 Å². The van der Waals surface area contributed by atoms with Gasteiger partial charge in [0.2, 0.25) is 0 Å². The van der Waals surface area contributed by atoms with Crippen LogP contribution in [0.1, 0.15) is 21.9 Å². The van der Waals surface area contributed by atoms with Gasteiger partial charge in [-0.1, -0.05) is 6.07 Å². The Morgan fingerprint density at radius 3 is 2.77 bits per heavy atom. The van der Waals surface area contributed by atoms with Crippen molar-refractivity contribution in [1.82, 2.24) is 15.3 Å². The minimum absolute atomic E-state index is 0.256. The van der Waals surface area contributed by atoms with Crippen molar-refractivity contribution in [2.45, 2.75) is 12.8 Å². The largest absolute Gasteiger partial charge is 0.496 e. The molecule has 0 atom stereocenters. The highest BCUT2D eigenvalue weighted by Crippen LogP contribution is 2.28. The van der Waals surface area contributed by atoms with Crippen LogP contribution in [0.2, 0.25) is 0 Å². The van der Waals surface area contributed by atoms with E-state index in [9.17, 15) is 9.18 Å². The average molecular weight is 421 g/mol. The highest BCUT2D eigenvalue weighted by molar-refractivity contribution is 5.92. The van der Waals surface area contributed by atoms with Gasteiger partial charge < -0.3 is 19.2 Å². The maximum atomic E-state index is 14.1. The zero-order valence-corrected chi connectivity index (χ0v) is 17.0. The standard InChI is InChI=1S/C23H20FN3O4/c1-25-23(28)19-12-15(10-11-26-19)30-14-6-8-18-21(13-14)31-22(27-18)9-7-16-17(24)4-3-5-20(16)29-2/h3-6,8,10-13H,7,9H2,1-2H3,(H,25,28). The van der Waals surface area contributed by atoms with E-state index in [1.54, 1.807) is 42.5 Å². The van der Waals surface area contributed by atoms with Crippen molar-refractivity contribution in [3.05, 3.63) is 77.7 Å². The first-order chi connectivity index (χ1) is 15.1. The highest BCUT2D eigenvalue weighted by atomic mass is 19.1. The van der Waals surface area contributed by atoms with Crippen LogP contribution in [0.4, 0.5) is 4.39 Å². The minimum atomic E-state index is -0.320. The number of aryl methyl sites for hydroxylation is 1. The van der Waals surface area contributed by atoms with E-state index in [0.717, 1.165) is 0 Å². The fourth-order valence-corrected chi connectivity index (χ4v) is 3.19. The summed E-state index contributed by atoms with van der Waals surface area (Å²) < 4.78 is 31.0. The summed E-state index contributed by atoms with van der Waals surface area (Å²) in [4.78, 5) is 20.2. The van der Waals surface area contributed by atoms with Gasteiger partial charge in [-0.3, -0.25) is 9.78 Å². The van der Waals surface area contributed by atoms with E-state index in [-0.39, 0.29) is 17.4 Å². The van der Waals surface area contributed by atoms with Gasteiger partial charge in [0, 0.05) is 37.4 Å². The van der Waals surface area contributed by atoms with Crippen LogP contribution in [-0.4, -0.2) is 30.0 Å². The zero-order valence-electron chi connectivity index (χ0n) is 17.0. The number of ether oxygens (including phenoxy) is 2. The smallest absolute Gasteiger partial charge is 0.269 e.